The zero-order chi connectivity index (χ0) is 15.2. The molecule has 2 aromatic carbocycles. The predicted molar refractivity (Wildman–Crippen MR) is 91.0 cm³/mol. The van der Waals surface area contributed by atoms with Gasteiger partial charge in [0.25, 0.3) is 0 Å². The highest BCUT2D eigenvalue weighted by Gasteiger charge is 2.11. The molecule has 0 heterocycles. The van der Waals surface area contributed by atoms with Crippen LogP contribution in [0.5, 0.6) is 11.5 Å². The first-order chi connectivity index (χ1) is 10.2. The molecule has 0 aliphatic heterocycles. The van der Waals surface area contributed by atoms with E-state index in [4.69, 9.17) is 32.7 Å². The van der Waals surface area contributed by atoms with Crippen molar-refractivity contribution in [3.8, 4) is 11.5 Å². The molecule has 2 rings (SSSR count). The third-order valence-corrected chi connectivity index (χ3v) is 4.08. The quantitative estimate of drug-likeness (QED) is 0.575. The summed E-state index contributed by atoms with van der Waals surface area (Å²) in [5, 5.41) is 1.90. The van der Waals surface area contributed by atoms with E-state index in [1.165, 1.54) is 0 Å². The third-order valence-electron chi connectivity index (χ3n) is 2.89. The first-order valence-electron chi connectivity index (χ1n) is 6.53. The van der Waals surface area contributed by atoms with Gasteiger partial charge in [0.15, 0.2) is 11.5 Å². The fourth-order valence-electron chi connectivity index (χ4n) is 1.89. The lowest BCUT2D eigenvalue weighted by atomic mass is 10.2. The van der Waals surface area contributed by atoms with Crippen LogP contribution in [0.15, 0.2) is 36.4 Å². The molecule has 0 atom stereocenters. The Kier molecular flexibility index (Phi) is 6.22. The van der Waals surface area contributed by atoms with Crippen molar-refractivity contribution in [3.05, 3.63) is 57.6 Å². The number of rotatable bonds is 6. The van der Waals surface area contributed by atoms with E-state index >= 15 is 0 Å². The highest BCUT2D eigenvalue weighted by atomic mass is 79.9. The second-order valence-electron chi connectivity index (χ2n) is 4.34. The minimum absolute atomic E-state index is 0.361. The molecule has 112 valence electrons. The molecule has 0 radical (unpaired) electrons. The number of halogens is 3. The molecule has 2 nitrogen and oxygen atoms in total. The summed E-state index contributed by atoms with van der Waals surface area (Å²) in [6.07, 6.45) is 0. The monoisotopic (exact) mass is 388 g/mol. The standard InChI is InChI=1S/C16H15BrCl2O2/c1-2-20-15-5-3-4-11(9-17)16(15)21-10-12-6-7-13(18)8-14(12)19/h3-8H,2,9-10H2,1H3. The summed E-state index contributed by atoms with van der Waals surface area (Å²) in [5.41, 5.74) is 1.92. The molecule has 2 aromatic rings. The van der Waals surface area contributed by atoms with Crippen LogP contribution in [0.4, 0.5) is 0 Å². The van der Waals surface area contributed by atoms with E-state index in [9.17, 15) is 0 Å². The summed E-state index contributed by atoms with van der Waals surface area (Å²) in [6, 6.07) is 11.2. The molecule has 0 N–H and O–H groups in total. The Morgan fingerprint density at radius 2 is 1.86 bits per heavy atom. The van der Waals surface area contributed by atoms with Gasteiger partial charge in [0.2, 0.25) is 0 Å². The Morgan fingerprint density at radius 3 is 2.52 bits per heavy atom. The van der Waals surface area contributed by atoms with Crippen molar-refractivity contribution in [2.24, 2.45) is 0 Å². The maximum Gasteiger partial charge on any atom is 0.165 e. The number of ether oxygens (including phenoxy) is 2. The van der Waals surface area contributed by atoms with E-state index in [0.29, 0.717) is 28.6 Å². The normalized spacial score (nSPS) is 10.5. The summed E-state index contributed by atoms with van der Waals surface area (Å²) in [6.45, 7) is 2.89. The molecule has 21 heavy (non-hydrogen) atoms. The van der Waals surface area contributed by atoms with Crippen LogP contribution in [0, 0.1) is 0 Å². The summed E-state index contributed by atoms with van der Waals surface area (Å²) in [4.78, 5) is 0. The number of hydrogen-bond acceptors (Lipinski definition) is 2. The van der Waals surface area contributed by atoms with Gasteiger partial charge in [0.1, 0.15) is 6.61 Å². The van der Waals surface area contributed by atoms with Crippen molar-refractivity contribution in [2.45, 2.75) is 18.9 Å². The molecule has 0 saturated carbocycles. The molecule has 0 saturated heterocycles. The van der Waals surface area contributed by atoms with Gasteiger partial charge in [-0.1, -0.05) is 57.3 Å². The van der Waals surface area contributed by atoms with E-state index in [1.807, 2.05) is 31.2 Å². The first-order valence-corrected chi connectivity index (χ1v) is 8.40. The van der Waals surface area contributed by atoms with Crippen molar-refractivity contribution >= 4 is 39.1 Å². The van der Waals surface area contributed by atoms with Crippen LogP contribution in [0.3, 0.4) is 0 Å². The van der Waals surface area contributed by atoms with Crippen molar-refractivity contribution in [1.82, 2.24) is 0 Å². The predicted octanol–water partition coefficient (Wildman–Crippen LogP) is 5.87. The smallest absolute Gasteiger partial charge is 0.165 e. The van der Waals surface area contributed by atoms with Crippen LogP contribution in [0.2, 0.25) is 10.0 Å². The maximum atomic E-state index is 6.17. The van der Waals surface area contributed by atoms with E-state index < -0.39 is 0 Å². The lowest BCUT2D eigenvalue weighted by Gasteiger charge is -2.15. The first kappa shape index (κ1) is 16.5. The molecule has 0 unspecified atom stereocenters. The lowest BCUT2D eigenvalue weighted by Crippen LogP contribution is -2.02. The summed E-state index contributed by atoms with van der Waals surface area (Å²) < 4.78 is 11.6. The van der Waals surface area contributed by atoms with Crippen molar-refractivity contribution in [3.63, 3.8) is 0 Å². The molecule has 0 spiro atoms. The number of hydrogen-bond donors (Lipinski definition) is 0. The molecule has 0 aliphatic rings. The SMILES string of the molecule is CCOc1cccc(CBr)c1OCc1ccc(Cl)cc1Cl. The van der Waals surface area contributed by atoms with Crippen LogP contribution in [0.1, 0.15) is 18.1 Å². The topological polar surface area (TPSA) is 18.5 Å². The van der Waals surface area contributed by atoms with Gasteiger partial charge >= 0.3 is 0 Å². The van der Waals surface area contributed by atoms with E-state index in [-0.39, 0.29) is 0 Å². The van der Waals surface area contributed by atoms with E-state index in [2.05, 4.69) is 15.9 Å². The minimum Gasteiger partial charge on any atom is -0.490 e. The zero-order valence-corrected chi connectivity index (χ0v) is 14.6. The van der Waals surface area contributed by atoms with Crippen molar-refractivity contribution in [2.75, 3.05) is 6.61 Å². The zero-order valence-electron chi connectivity index (χ0n) is 11.5. The summed E-state index contributed by atoms with van der Waals surface area (Å²) >= 11 is 15.5. The Balaban J connectivity index is 2.22. The number of alkyl halides is 1. The highest BCUT2D eigenvalue weighted by Crippen LogP contribution is 2.34. The molecular weight excluding hydrogens is 375 g/mol. The lowest BCUT2D eigenvalue weighted by molar-refractivity contribution is 0.267. The number of benzene rings is 2. The Hall–Kier alpha value is -0.900. The van der Waals surface area contributed by atoms with E-state index in [0.717, 1.165) is 22.6 Å². The van der Waals surface area contributed by atoms with Crippen molar-refractivity contribution < 1.29 is 9.47 Å². The fourth-order valence-corrected chi connectivity index (χ4v) is 2.79. The summed E-state index contributed by atoms with van der Waals surface area (Å²) in [5.74, 6) is 1.47. The molecular formula is C16H15BrCl2O2. The van der Waals surface area contributed by atoms with Crippen LogP contribution >= 0.6 is 39.1 Å². The van der Waals surface area contributed by atoms with Crippen LogP contribution in [-0.4, -0.2) is 6.61 Å². The van der Waals surface area contributed by atoms with Gasteiger partial charge in [-0.05, 0) is 25.1 Å². The van der Waals surface area contributed by atoms with Gasteiger partial charge < -0.3 is 9.47 Å². The molecule has 0 amide bonds. The molecule has 0 aliphatic carbocycles. The molecule has 0 bridgehead atoms. The minimum atomic E-state index is 0.361. The molecule has 0 fully saturated rings. The Labute approximate surface area is 143 Å². The Bertz CT molecular complexity index is 617. The van der Waals surface area contributed by atoms with Gasteiger partial charge in [-0.3, -0.25) is 0 Å². The van der Waals surface area contributed by atoms with E-state index in [1.54, 1.807) is 12.1 Å². The van der Waals surface area contributed by atoms with Crippen LogP contribution < -0.4 is 9.47 Å². The second-order valence-corrected chi connectivity index (χ2v) is 5.74. The third kappa shape index (κ3) is 4.29. The van der Waals surface area contributed by atoms with Gasteiger partial charge in [0, 0.05) is 26.5 Å². The Morgan fingerprint density at radius 1 is 1.05 bits per heavy atom. The number of para-hydroxylation sites is 1. The van der Waals surface area contributed by atoms with Gasteiger partial charge in [-0.15, -0.1) is 0 Å². The second kappa shape index (κ2) is 7.92. The average Bonchev–Trinajstić information content (AvgIpc) is 2.47. The fraction of sp³-hybridized carbons (Fsp3) is 0.250. The molecule has 5 heteroatoms. The van der Waals surface area contributed by atoms with Crippen molar-refractivity contribution in [1.29, 1.82) is 0 Å². The van der Waals surface area contributed by atoms with Gasteiger partial charge in [0.05, 0.1) is 6.61 Å². The van der Waals surface area contributed by atoms with Crippen LogP contribution in [0.25, 0.3) is 0 Å². The summed E-state index contributed by atoms with van der Waals surface area (Å²) in [7, 11) is 0. The highest BCUT2D eigenvalue weighted by molar-refractivity contribution is 9.08. The largest absolute Gasteiger partial charge is 0.490 e. The average molecular weight is 390 g/mol. The van der Waals surface area contributed by atoms with Crippen LogP contribution in [-0.2, 0) is 11.9 Å². The van der Waals surface area contributed by atoms with Gasteiger partial charge in [-0.2, -0.15) is 0 Å². The maximum absolute atomic E-state index is 6.17. The molecule has 0 aromatic heterocycles. The van der Waals surface area contributed by atoms with Gasteiger partial charge in [-0.25, -0.2) is 0 Å².